The van der Waals surface area contributed by atoms with Crippen molar-refractivity contribution in [2.45, 2.75) is 26.4 Å². The minimum absolute atomic E-state index is 0.0339. The molecule has 78 valence electrons. The van der Waals surface area contributed by atoms with Gasteiger partial charge in [0.05, 0.1) is 0 Å². The van der Waals surface area contributed by atoms with Gasteiger partial charge in [0.1, 0.15) is 12.5 Å². The molecule has 0 radical (unpaired) electrons. The van der Waals surface area contributed by atoms with Crippen molar-refractivity contribution in [1.82, 2.24) is 0 Å². The molecular formula is C11H14F2O. The van der Waals surface area contributed by atoms with Crippen molar-refractivity contribution in [2.75, 3.05) is 6.61 Å². The zero-order chi connectivity index (χ0) is 10.7. The van der Waals surface area contributed by atoms with Gasteiger partial charge in [-0.15, -0.1) is 0 Å². The second-order valence-electron chi connectivity index (χ2n) is 3.52. The van der Waals surface area contributed by atoms with Gasteiger partial charge in [-0.25, -0.2) is 8.78 Å². The maximum Gasteiger partial charge on any atom is 0.129 e. The van der Waals surface area contributed by atoms with E-state index in [4.69, 9.17) is 5.11 Å². The molecule has 3 heteroatoms. The van der Waals surface area contributed by atoms with Gasteiger partial charge in [0.2, 0.25) is 0 Å². The van der Waals surface area contributed by atoms with Gasteiger partial charge in [-0.2, -0.15) is 0 Å². The van der Waals surface area contributed by atoms with E-state index in [1.165, 1.54) is 6.07 Å². The van der Waals surface area contributed by atoms with Crippen molar-refractivity contribution in [1.29, 1.82) is 0 Å². The van der Waals surface area contributed by atoms with Crippen LogP contribution in [-0.2, 0) is 6.67 Å². The number of aliphatic hydroxyl groups excluding tert-OH is 1. The summed E-state index contributed by atoms with van der Waals surface area (Å²) in [5, 5.41) is 8.90. The molecule has 0 aliphatic heterocycles. The minimum atomic E-state index is -0.786. The number of benzene rings is 1. The summed E-state index contributed by atoms with van der Waals surface area (Å²) >= 11 is 0. The third-order valence-electron chi connectivity index (χ3n) is 2.42. The fourth-order valence-corrected chi connectivity index (χ4v) is 1.36. The lowest BCUT2D eigenvalue weighted by atomic mass is 9.97. The molecule has 1 nitrogen and oxygen atoms in total. The predicted octanol–water partition coefficient (Wildman–Crippen LogP) is 2.70. The first-order chi connectivity index (χ1) is 6.60. The van der Waals surface area contributed by atoms with Gasteiger partial charge in [0, 0.05) is 18.1 Å². The summed E-state index contributed by atoms with van der Waals surface area (Å²) in [6, 6.07) is 3.02. The molecule has 0 aromatic heterocycles. The fraction of sp³-hybridized carbons (Fsp3) is 0.455. The average Bonchev–Trinajstić information content (AvgIpc) is 2.16. The van der Waals surface area contributed by atoms with Crippen LogP contribution in [0, 0.1) is 12.7 Å². The lowest BCUT2D eigenvalue weighted by Crippen LogP contribution is -2.02. The number of rotatable bonds is 3. The van der Waals surface area contributed by atoms with E-state index in [1.54, 1.807) is 19.9 Å². The second kappa shape index (κ2) is 4.51. The summed E-state index contributed by atoms with van der Waals surface area (Å²) < 4.78 is 25.7. The number of aryl methyl sites for hydroxylation is 1. The van der Waals surface area contributed by atoms with Crippen LogP contribution in [-0.4, -0.2) is 11.7 Å². The van der Waals surface area contributed by atoms with Crippen molar-refractivity contribution >= 4 is 0 Å². The molecule has 0 saturated carbocycles. The standard InChI is InChI=1S/C11H14F2O/c1-7-3-9(8(2)6-14)4-11(13)10(7)5-12/h3-4,8,14H,5-6H2,1-2H3. The first-order valence-electron chi connectivity index (χ1n) is 4.55. The Hall–Kier alpha value is -0.960. The van der Waals surface area contributed by atoms with Crippen molar-refractivity contribution in [3.05, 3.63) is 34.6 Å². The van der Waals surface area contributed by atoms with Gasteiger partial charge in [0.15, 0.2) is 0 Å². The zero-order valence-corrected chi connectivity index (χ0v) is 8.35. The van der Waals surface area contributed by atoms with Crippen molar-refractivity contribution in [2.24, 2.45) is 0 Å². The summed E-state index contributed by atoms with van der Waals surface area (Å²) in [5.41, 5.74) is 1.42. The van der Waals surface area contributed by atoms with Crippen molar-refractivity contribution < 1.29 is 13.9 Å². The fourth-order valence-electron chi connectivity index (χ4n) is 1.36. The summed E-state index contributed by atoms with van der Waals surface area (Å²) in [4.78, 5) is 0. The Morgan fingerprint density at radius 3 is 2.50 bits per heavy atom. The van der Waals surface area contributed by atoms with E-state index in [0.29, 0.717) is 11.1 Å². The van der Waals surface area contributed by atoms with Crippen LogP contribution >= 0.6 is 0 Å². The van der Waals surface area contributed by atoms with Gasteiger partial charge in [-0.05, 0) is 24.1 Å². The lowest BCUT2D eigenvalue weighted by Gasteiger charge is -2.11. The third kappa shape index (κ3) is 2.10. The highest BCUT2D eigenvalue weighted by atomic mass is 19.1. The van der Waals surface area contributed by atoms with E-state index in [9.17, 15) is 8.78 Å². The first kappa shape index (κ1) is 11.1. The molecule has 1 aromatic carbocycles. The molecule has 1 rings (SSSR count). The van der Waals surface area contributed by atoms with Crippen LogP contribution in [0.15, 0.2) is 12.1 Å². The molecule has 1 atom stereocenters. The number of alkyl halides is 1. The van der Waals surface area contributed by atoms with Gasteiger partial charge in [0.25, 0.3) is 0 Å². The Kier molecular flexibility index (Phi) is 3.58. The topological polar surface area (TPSA) is 20.2 Å². The first-order valence-corrected chi connectivity index (χ1v) is 4.55. The van der Waals surface area contributed by atoms with E-state index in [1.807, 2.05) is 0 Å². The quantitative estimate of drug-likeness (QED) is 0.795. The molecule has 0 saturated heterocycles. The average molecular weight is 200 g/mol. The number of halogens is 2. The third-order valence-corrected chi connectivity index (χ3v) is 2.42. The lowest BCUT2D eigenvalue weighted by molar-refractivity contribution is 0.273. The molecule has 0 aliphatic rings. The molecule has 1 N–H and O–H groups in total. The van der Waals surface area contributed by atoms with E-state index >= 15 is 0 Å². The number of aliphatic hydroxyl groups is 1. The van der Waals surface area contributed by atoms with E-state index in [0.717, 1.165) is 0 Å². The molecule has 1 unspecified atom stereocenters. The summed E-state index contributed by atoms with van der Waals surface area (Å²) in [6.07, 6.45) is 0. The smallest absolute Gasteiger partial charge is 0.129 e. The maximum atomic E-state index is 13.3. The van der Waals surface area contributed by atoms with Crippen LogP contribution < -0.4 is 0 Å². The van der Waals surface area contributed by atoms with Crippen LogP contribution in [0.3, 0.4) is 0 Å². The Morgan fingerprint density at radius 1 is 1.43 bits per heavy atom. The normalized spacial score (nSPS) is 12.9. The van der Waals surface area contributed by atoms with Crippen molar-refractivity contribution in [3.8, 4) is 0 Å². The zero-order valence-electron chi connectivity index (χ0n) is 8.35. The SMILES string of the molecule is Cc1cc(C(C)CO)cc(F)c1CF. The Morgan fingerprint density at radius 2 is 2.07 bits per heavy atom. The molecule has 14 heavy (non-hydrogen) atoms. The molecule has 0 heterocycles. The monoisotopic (exact) mass is 200 g/mol. The maximum absolute atomic E-state index is 13.3. The van der Waals surface area contributed by atoms with E-state index in [2.05, 4.69) is 0 Å². The molecule has 1 aromatic rings. The van der Waals surface area contributed by atoms with Gasteiger partial charge >= 0.3 is 0 Å². The largest absolute Gasteiger partial charge is 0.396 e. The summed E-state index contributed by atoms with van der Waals surface area (Å²) in [6.45, 7) is 2.65. The molecule has 0 fully saturated rings. The summed E-state index contributed by atoms with van der Waals surface area (Å²) in [5.74, 6) is -0.639. The van der Waals surface area contributed by atoms with E-state index in [-0.39, 0.29) is 18.1 Å². The summed E-state index contributed by atoms with van der Waals surface area (Å²) in [7, 11) is 0. The van der Waals surface area contributed by atoms with Crippen LogP contribution in [0.25, 0.3) is 0 Å². The number of hydrogen-bond acceptors (Lipinski definition) is 1. The Labute approximate surface area is 82.4 Å². The number of hydrogen-bond donors (Lipinski definition) is 1. The molecule has 0 aliphatic carbocycles. The minimum Gasteiger partial charge on any atom is -0.396 e. The van der Waals surface area contributed by atoms with Gasteiger partial charge in [-0.1, -0.05) is 13.0 Å². The van der Waals surface area contributed by atoms with Crippen LogP contribution in [0.5, 0.6) is 0 Å². The molecule has 0 amide bonds. The Balaban J connectivity index is 3.13. The van der Waals surface area contributed by atoms with Crippen molar-refractivity contribution in [3.63, 3.8) is 0 Å². The molecule has 0 spiro atoms. The molecule has 0 bridgehead atoms. The highest BCUT2D eigenvalue weighted by Gasteiger charge is 2.11. The molecular weight excluding hydrogens is 186 g/mol. The van der Waals surface area contributed by atoms with Gasteiger partial charge < -0.3 is 5.11 Å². The Bertz CT molecular complexity index is 300. The van der Waals surface area contributed by atoms with Gasteiger partial charge in [-0.3, -0.25) is 0 Å². The van der Waals surface area contributed by atoms with E-state index < -0.39 is 12.5 Å². The highest BCUT2D eigenvalue weighted by Crippen LogP contribution is 2.22. The second-order valence-corrected chi connectivity index (χ2v) is 3.52. The van der Waals surface area contributed by atoms with Crippen LogP contribution in [0.2, 0.25) is 0 Å². The predicted molar refractivity (Wildman–Crippen MR) is 51.4 cm³/mol. The highest BCUT2D eigenvalue weighted by molar-refractivity contribution is 5.33. The van der Waals surface area contributed by atoms with Crippen LogP contribution in [0.4, 0.5) is 8.78 Å². The van der Waals surface area contributed by atoms with Crippen LogP contribution in [0.1, 0.15) is 29.5 Å².